The molecule has 0 unspecified atom stereocenters. The molecule has 0 amide bonds. The molecule has 0 aliphatic heterocycles. The summed E-state index contributed by atoms with van der Waals surface area (Å²) in [4.78, 5) is 0. The van der Waals surface area contributed by atoms with Crippen molar-refractivity contribution in [1.29, 1.82) is 0 Å². The van der Waals surface area contributed by atoms with E-state index in [0.29, 0.717) is 23.0 Å². The van der Waals surface area contributed by atoms with Gasteiger partial charge in [0.25, 0.3) is 0 Å². The van der Waals surface area contributed by atoms with Gasteiger partial charge in [-0.25, -0.2) is 0 Å². The fourth-order valence-corrected chi connectivity index (χ4v) is 4.10. The molecule has 0 aliphatic rings. The van der Waals surface area contributed by atoms with Gasteiger partial charge >= 0.3 is 0 Å². The standard InChI is InChI=1S/C31H48O5/c1-28(2,3)22-13-20(14-23(26(22)33)29(4,5)6)35-17-19(32)18-36-21-15-24(30(7,8)9)27(34)25(16-21)31(10,11)12/h13-16,19,32-34H,17-18H2,1-12H3. The third-order valence-electron chi connectivity index (χ3n) is 6.28. The molecule has 5 heteroatoms. The summed E-state index contributed by atoms with van der Waals surface area (Å²) in [6.07, 6.45) is -0.861. The minimum Gasteiger partial charge on any atom is -0.507 e. The van der Waals surface area contributed by atoms with Gasteiger partial charge in [0.15, 0.2) is 0 Å². The zero-order valence-corrected chi connectivity index (χ0v) is 24.5. The maximum Gasteiger partial charge on any atom is 0.123 e. The fourth-order valence-electron chi connectivity index (χ4n) is 4.10. The second-order valence-corrected chi connectivity index (χ2v) is 14.0. The summed E-state index contributed by atoms with van der Waals surface area (Å²) in [5, 5.41) is 32.5. The Balaban J connectivity index is 2.23. The molecular weight excluding hydrogens is 452 g/mol. The van der Waals surface area contributed by atoms with Gasteiger partial charge in [-0.2, -0.15) is 0 Å². The summed E-state index contributed by atoms with van der Waals surface area (Å²) >= 11 is 0. The summed E-state index contributed by atoms with van der Waals surface area (Å²) in [7, 11) is 0. The molecule has 36 heavy (non-hydrogen) atoms. The lowest BCUT2D eigenvalue weighted by molar-refractivity contribution is 0.0624. The number of hydrogen-bond acceptors (Lipinski definition) is 5. The largest absolute Gasteiger partial charge is 0.507 e. The average molecular weight is 501 g/mol. The van der Waals surface area contributed by atoms with Crippen molar-refractivity contribution in [2.24, 2.45) is 0 Å². The molecule has 0 bridgehead atoms. The number of aliphatic hydroxyl groups is 1. The Morgan fingerprint density at radius 1 is 0.528 bits per heavy atom. The second kappa shape index (κ2) is 10.2. The molecule has 0 fully saturated rings. The van der Waals surface area contributed by atoms with Crippen LogP contribution in [-0.2, 0) is 21.7 Å². The number of aliphatic hydroxyl groups excluding tert-OH is 1. The first-order chi connectivity index (χ1) is 16.1. The van der Waals surface area contributed by atoms with Crippen LogP contribution in [0.5, 0.6) is 23.0 Å². The van der Waals surface area contributed by atoms with Crippen LogP contribution in [0.3, 0.4) is 0 Å². The lowest BCUT2D eigenvalue weighted by Crippen LogP contribution is -2.26. The fraction of sp³-hybridized carbons (Fsp3) is 0.613. The van der Waals surface area contributed by atoms with Crippen LogP contribution < -0.4 is 9.47 Å². The molecule has 0 saturated carbocycles. The zero-order valence-electron chi connectivity index (χ0n) is 24.5. The predicted molar refractivity (Wildman–Crippen MR) is 148 cm³/mol. The smallest absolute Gasteiger partial charge is 0.123 e. The zero-order chi connectivity index (χ0) is 27.9. The number of benzene rings is 2. The summed E-state index contributed by atoms with van der Waals surface area (Å²) in [6.45, 7) is 24.7. The highest BCUT2D eigenvalue weighted by atomic mass is 16.5. The van der Waals surface area contributed by atoms with Crippen molar-refractivity contribution in [1.82, 2.24) is 0 Å². The molecule has 2 rings (SSSR count). The van der Waals surface area contributed by atoms with E-state index in [2.05, 4.69) is 83.1 Å². The van der Waals surface area contributed by atoms with Crippen molar-refractivity contribution in [2.75, 3.05) is 13.2 Å². The van der Waals surface area contributed by atoms with Gasteiger partial charge in [0.05, 0.1) is 0 Å². The van der Waals surface area contributed by atoms with E-state index in [-0.39, 0.29) is 34.9 Å². The number of phenolic OH excluding ortho intramolecular Hbond substituents is 2. The van der Waals surface area contributed by atoms with Gasteiger partial charge < -0.3 is 24.8 Å². The minimum atomic E-state index is -0.861. The molecule has 0 spiro atoms. The van der Waals surface area contributed by atoms with Gasteiger partial charge in [-0.1, -0.05) is 83.1 Å². The Bertz CT molecular complexity index is 901. The summed E-state index contributed by atoms with van der Waals surface area (Å²) in [6, 6.07) is 7.40. The van der Waals surface area contributed by atoms with Crippen LogP contribution in [0.4, 0.5) is 0 Å². The van der Waals surface area contributed by atoms with Gasteiger partial charge in [-0.15, -0.1) is 0 Å². The van der Waals surface area contributed by atoms with Crippen molar-refractivity contribution in [2.45, 2.75) is 111 Å². The molecule has 202 valence electrons. The Morgan fingerprint density at radius 2 is 0.750 bits per heavy atom. The van der Waals surface area contributed by atoms with Gasteiger partial charge in [-0.05, 0) is 45.9 Å². The summed E-state index contributed by atoms with van der Waals surface area (Å²) in [5.41, 5.74) is 2.18. The topological polar surface area (TPSA) is 79.2 Å². The Morgan fingerprint density at radius 3 is 0.944 bits per heavy atom. The molecule has 0 atom stereocenters. The second-order valence-electron chi connectivity index (χ2n) is 14.0. The van der Waals surface area contributed by atoms with E-state index >= 15 is 0 Å². The molecule has 0 aliphatic carbocycles. The van der Waals surface area contributed by atoms with E-state index in [1.165, 1.54) is 0 Å². The van der Waals surface area contributed by atoms with E-state index in [1.54, 1.807) is 0 Å². The van der Waals surface area contributed by atoms with Crippen molar-refractivity contribution in [3.05, 3.63) is 46.5 Å². The number of phenols is 2. The minimum absolute atomic E-state index is 0.0499. The lowest BCUT2D eigenvalue weighted by atomic mass is 9.79. The molecule has 3 N–H and O–H groups in total. The lowest BCUT2D eigenvalue weighted by Gasteiger charge is -2.28. The molecule has 5 nitrogen and oxygen atoms in total. The van der Waals surface area contributed by atoms with Crippen LogP contribution >= 0.6 is 0 Å². The molecule has 0 saturated heterocycles. The van der Waals surface area contributed by atoms with Crippen LogP contribution in [0.1, 0.15) is 105 Å². The van der Waals surface area contributed by atoms with Crippen LogP contribution in [0.25, 0.3) is 0 Å². The van der Waals surface area contributed by atoms with Gasteiger partial charge in [0.1, 0.15) is 42.3 Å². The van der Waals surface area contributed by atoms with Gasteiger partial charge in [-0.3, -0.25) is 0 Å². The average Bonchev–Trinajstić information content (AvgIpc) is 2.68. The highest BCUT2D eigenvalue weighted by Gasteiger charge is 2.28. The Labute approximate surface area is 218 Å². The molecule has 0 aromatic heterocycles. The molecule has 2 aromatic rings. The van der Waals surface area contributed by atoms with Crippen molar-refractivity contribution in [3.63, 3.8) is 0 Å². The quantitative estimate of drug-likeness (QED) is 0.394. The van der Waals surface area contributed by atoms with Crippen LogP contribution in [0, 0.1) is 0 Å². The predicted octanol–water partition coefficient (Wildman–Crippen LogP) is 7.11. The maximum absolute atomic E-state index is 10.9. The third kappa shape index (κ3) is 7.32. The van der Waals surface area contributed by atoms with Crippen LogP contribution in [-0.4, -0.2) is 34.6 Å². The van der Waals surface area contributed by atoms with Gasteiger partial charge in [0, 0.05) is 22.3 Å². The van der Waals surface area contributed by atoms with E-state index in [9.17, 15) is 15.3 Å². The monoisotopic (exact) mass is 500 g/mol. The molecule has 2 aromatic carbocycles. The first kappa shape index (κ1) is 29.8. The van der Waals surface area contributed by atoms with E-state index in [4.69, 9.17) is 9.47 Å². The molecule has 0 heterocycles. The number of ether oxygens (including phenoxy) is 2. The van der Waals surface area contributed by atoms with E-state index in [0.717, 1.165) is 22.3 Å². The first-order valence-corrected chi connectivity index (χ1v) is 12.8. The van der Waals surface area contributed by atoms with E-state index < -0.39 is 6.10 Å². The van der Waals surface area contributed by atoms with Crippen LogP contribution in [0.15, 0.2) is 24.3 Å². The number of hydrogen-bond donors (Lipinski definition) is 3. The number of aromatic hydroxyl groups is 2. The highest BCUT2D eigenvalue weighted by molar-refractivity contribution is 5.53. The SMILES string of the molecule is CC(C)(C)c1cc(OCC(O)COc2cc(C(C)(C)C)c(O)c(C(C)(C)C)c2)cc(C(C)(C)C)c1O. The van der Waals surface area contributed by atoms with Crippen molar-refractivity contribution >= 4 is 0 Å². The first-order valence-electron chi connectivity index (χ1n) is 12.8. The number of rotatable bonds is 6. The summed E-state index contributed by atoms with van der Waals surface area (Å²) in [5.74, 6) is 1.80. The van der Waals surface area contributed by atoms with Crippen molar-refractivity contribution < 1.29 is 24.8 Å². The van der Waals surface area contributed by atoms with Crippen molar-refractivity contribution in [3.8, 4) is 23.0 Å². The molecule has 0 radical (unpaired) electrons. The normalized spacial score (nSPS) is 13.3. The highest BCUT2D eigenvalue weighted by Crippen LogP contribution is 2.43. The Kier molecular flexibility index (Phi) is 8.42. The van der Waals surface area contributed by atoms with E-state index in [1.807, 2.05) is 24.3 Å². The van der Waals surface area contributed by atoms with Gasteiger partial charge in [0.2, 0.25) is 0 Å². The Hall–Kier alpha value is -2.40. The third-order valence-corrected chi connectivity index (χ3v) is 6.28. The maximum atomic E-state index is 10.9. The van der Waals surface area contributed by atoms with Crippen LogP contribution in [0.2, 0.25) is 0 Å². The molecular formula is C31H48O5. The summed E-state index contributed by atoms with van der Waals surface area (Å²) < 4.78 is 12.0.